The van der Waals surface area contributed by atoms with Crippen molar-refractivity contribution in [2.75, 3.05) is 13.2 Å². The van der Waals surface area contributed by atoms with E-state index in [1.807, 2.05) is 16.8 Å². The summed E-state index contributed by atoms with van der Waals surface area (Å²) in [5.74, 6) is -0.435. The molecule has 1 aromatic rings. The van der Waals surface area contributed by atoms with Crippen LogP contribution in [0.3, 0.4) is 0 Å². The number of esters is 1. The average molecular weight is 357 g/mol. The van der Waals surface area contributed by atoms with Crippen LogP contribution in [-0.4, -0.2) is 40.5 Å². The van der Waals surface area contributed by atoms with Crippen LogP contribution in [0.1, 0.15) is 43.6 Å². The summed E-state index contributed by atoms with van der Waals surface area (Å²) in [5.41, 5.74) is 0.625. The summed E-state index contributed by atoms with van der Waals surface area (Å²) in [6, 6.07) is 1.99. The van der Waals surface area contributed by atoms with Gasteiger partial charge in [-0.2, -0.15) is 0 Å². The molecule has 0 unspecified atom stereocenters. The van der Waals surface area contributed by atoms with E-state index in [0.717, 1.165) is 30.3 Å². The minimum Gasteiger partial charge on any atom is -0.465 e. The molecule has 6 heteroatoms. The fourth-order valence-corrected chi connectivity index (χ4v) is 2.79. The molecule has 0 aliphatic heterocycles. The number of hydrogen-bond donors (Lipinski definition) is 0. The van der Waals surface area contributed by atoms with Gasteiger partial charge in [0.05, 0.1) is 6.61 Å². The Balaban J connectivity index is 2.16. The van der Waals surface area contributed by atoms with Gasteiger partial charge in [-0.1, -0.05) is 6.92 Å². The number of carbonyl (C=O) groups excluding carboxylic acids is 2. The Kier molecular flexibility index (Phi) is 5.45. The van der Waals surface area contributed by atoms with Crippen LogP contribution in [0.2, 0.25) is 0 Å². The zero-order valence-corrected chi connectivity index (χ0v) is 14.1. The van der Waals surface area contributed by atoms with Crippen LogP contribution in [-0.2, 0) is 16.1 Å². The van der Waals surface area contributed by atoms with Crippen LogP contribution < -0.4 is 0 Å². The summed E-state index contributed by atoms with van der Waals surface area (Å²) in [6.45, 7) is 4.99. The largest absolute Gasteiger partial charge is 0.465 e. The molecular formula is C15H21BrN2O3. The van der Waals surface area contributed by atoms with Crippen LogP contribution >= 0.6 is 15.9 Å². The Morgan fingerprint density at radius 3 is 2.71 bits per heavy atom. The second-order valence-electron chi connectivity index (χ2n) is 5.21. The first kappa shape index (κ1) is 16.1. The minimum absolute atomic E-state index is 0.0340. The van der Waals surface area contributed by atoms with Crippen LogP contribution in [0, 0.1) is 0 Å². The van der Waals surface area contributed by atoms with Gasteiger partial charge in [0.1, 0.15) is 12.2 Å². The van der Waals surface area contributed by atoms with Gasteiger partial charge >= 0.3 is 5.97 Å². The van der Waals surface area contributed by atoms with Gasteiger partial charge in [-0.3, -0.25) is 9.59 Å². The van der Waals surface area contributed by atoms with Gasteiger partial charge in [-0.05, 0) is 48.2 Å². The van der Waals surface area contributed by atoms with E-state index in [-0.39, 0.29) is 24.5 Å². The Morgan fingerprint density at radius 1 is 1.43 bits per heavy atom. The van der Waals surface area contributed by atoms with Crippen molar-refractivity contribution in [1.29, 1.82) is 0 Å². The van der Waals surface area contributed by atoms with Crippen molar-refractivity contribution in [3.8, 4) is 0 Å². The second-order valence-corrected chi connectivity index (χ2v) is 6.12. The number of rotatable bonds is 7. The van der Waals surface area contributed by atoms with E-state index in [0.29, 0.717) is 12.3 Å². The maximum atomic E-state index is 12.8. The molecule has 0 radical (unpaired) electrons. The zero-order valence-electron chi connectivity index (χ0n) is 12.5. The molecular weight excluding hydrogens is 336 g/mol. The highest BCUT2D eigenvalue weighted by Gasteiger charge is 2.35. The van der Waals surface area contributed by atoms with E-state index in [1.165, 1.54) is 0 Å². The first-order chi connectivity index (χ1) is 10.1. The van der Waals surface area contributed by atoms with Crippen molar-refractivity contribution < 1.29 is 14.3 Å². The predicted molar refractivity (Wildman–Crippen MR) is 83.1 cm³/mol. The molecule has 1 aliphatic carbocycles. The van der Waals surface area contributed by atoms with E-state index in [4.69, 9.17) is 4.74 Å². The number of halogens is 1. The molecule has 0 atom stereocenters. The summed E-state index contributed by atoms with van der Waals surface area (Å²) < 4.78 is 7.79. The number of aryl methyl sites for hydroxylation is 1. The number of carbonyl (C=O) groups is 2. The lowest BCUT2D eigenvalue weighted by molar-refractivity contribution is -0.144. The molecule has 2 rings (SSSR count). The van der Waals surface area contributed by atoms with E-state index in [1.54, 1.807) is 11.8 Å². The van der Waals surface area contributed by atoms with Crippen LogP contribution in [0.5, 0.6) is 0 Å². The summed E-state index contributed by atoms with van der Waals surface area (Å²) >= 11 is 3.42. The molecule has 5 nitrogen and oxygen atoms in total. The lowest BCUT2D eigenvalue weighted by Crippen LogP contribution is -2.39. The van der Waals surface area contributed by atoms with Crippen molar-refractivity contribution in [3.05, 3.63) is 22.4 Å². The van der Waals surface area contributed by atoms with Crippen molar-refractivity contribution >= 4 is 27.8 Å². The highest BCUT2D eigenvalue weighted by molar-refractivity contribution is 9.10. The highest BCUT2D eigenvalue weighted by atomic mass is 79.9. The highest BCUT2D eigenvalue weighted by Crippen LogP contribution is 2.29. The lowest BCUT2D eigenvalue weighted by atomic mass is 10.3. The summed E-state index contributed by atoms with van der Waals surface area (Å²) in [6.07, 6.45) is 4.77. The lowest BCUT2D eigenvalue weighted by Gasteiger charge is -2.22. The standard InChI is InChI=1S/C15H21BrN2O3/c1-3-7-17-9-11(16)8-13(17)15(20)18(12-5-6-12)10-14(19)21-4-2/h8-9,12H,3-7,10H2,1-2H3. The molecule has 1 saturated carbocycles. The average Bonchev–Trinajstić information content (AvgIpc) is 3.20. The van der Waals surface area contributed by atoms with Gasteiger partial charge in [-0.25, -0.2) is 0 Å². The molecule has 1 heterocycles. The molecule has 21 heavy (non-hydrogen) atoms. The Hall–Kier alpha value is -1.30. The Bertz CT molecular complexity index is 523. The van der Waals surface area contributed by atoms with Crippen molar-refractivity contribution in [1.82, 2.24) is 9.47 Å². The Labute approximate surface area is 133 Å². The van der Waals surface area contributed by atoms with E-state index >= 15 is 0 Å². The molecule has 1 aliphatic rings. The van der Waals surface area contributed by atoms with Crippen molar-refractivity contribution in [2.45, 2.75) is 45.7 Å². The Morgan fingerprint density at radius 2 is 2.14 bits per heavy atom. The van der Waals surface area contributed by atoms with Gasteiger partial charge in [0.25, 0.3) is 5.91 Å². The molecule has 0 N–H and O–H groups in total. The van der Waals surface area contributed by atoms with Crippen LogP contribution in [0.15, 0.2) is 16.7 Å². The maximum absolute atomic E-state index is 12.8. The molecule has 0 bridgehead atoms. The third kappa shape index (κ3) is 4.09. The third-order valence-electron chi connectivity index (χ3n) is 3.40. The van der Waals surface area contributed by atoms with E-state index in [9.17, 15) is 9.59 Å². The van der Waals surface area contributed by atoms with E-state index < -0.39 is 0 Å². The predicted octanol–water partition coefficient (Wildman–Crippen LogP) is 2.83. The summed E-state index contributed by atoms with van der Waals surface area (Å²) in [4.78, 5) is 26.1. The number of nitrogens with zero attached hydrogens (tertiary/aromatic N) is 2. The van der Waals surface area contributed by atoms with Gasteiger partial charge in [0, 0.05) is 23.3 Å². The number of ether oxygens (including phenoxy) is 1. The van der Waals surface area contributed by atoms with Crippen molar-refractivity contribution in [2.24, 2.45) is 0 Å². The van der Waals surface area contributed by atoms with Gasteiger partial charge < -0.3 is 14.2 Å². The molecule has 0 aromatic carbocycles. The second kappa shape index (κ2) is 7.11. The fourth-order valence-electron chi connectivity index (χ4n) is 2.33. The maximum Gasteiger partial charge on any atom is 0.325 e. The van der Waals surface area contributed by atoms with Gasteiger partial charge in [0.2, 0.25) is 0 Å². The van der Waals surface area contributed by atoms with Crippen molar-refractivity contribution in [3.63, 3.8) is 0 Å². The number of amides is 1. The first-order valence-electron chi connectivity index (χ1n) is 7.39. The molecule has 1 aromatic heterocycles. The zero-order chi connectivity index (χ0) is 15.4. The first-order valence-corrected chi connectivity index (χ1v) is 8.18. The quantitative estimate of drug-likeness (QED) is 0.705. The molecule has 0 spiro atoms. The molecule has 1 fully saturated rings. The molecule has 0 saturated heterocycles. The fraction of sp³-hybridized carbons (Fsp3) is 0.600. The topological polar surface area (TPSA) is 51.5 Å². The van der Waals surface area contributed by atoms with E-state index in [2.05, 4.69) is 22.9 Å². The van der Waals surface area contributed by atoms with Crippen LogP contribution in [0.25, 0.3) is 0 Å². The monoisotopic (exact) mass is 356 g/mol. The summed E-state index contributed by atoms with van der Waals surface area (Å²) in [7, 11) is 0. The van der Waals surface area contributed by atoms with Gasteiger partial charge in [-0.15, -0.1) is 0 Å². The number of aromatic nitrogens is 1. The normalized spacial score (nSPS) is 14.0. The van der Waals surface area contributed by atoms with Gasteiger partial charge in [0.15, 0.2) is 0 Å². The SMILES string of the molecule is CCCn1cc(Br)cc1C(=O)N(CC(=O)OCC)C1CC1. The third-order valence-corrected chi connectivity index (χ3v) is 3.83. The molecule has 116 valence electrons. The summed E-state index contributed by atoms with van der Waals surface area (Å²) in [5, 5.41) is 0. The minimum atomic E-state index is -0.342. The number of hydrogen-bond acceptors (Lipinski definition) is 3. The smallest absolute Gasteiger partial charge is 0.325 e. The van der Waals surface area contributed by atoms with Crippen LogP contribution in [0.4, 0.5) is 0 Å². The molecule has 1 amide bonds.